The van der Waals surface area contributed by atoms with Crippen LogP contribution in [0.2, 0.25) is 0 Å². The van der Waals surface area contributed by atoms with Gasteiger partial charge < -0.3 is 9.73 Å². The van der Waals surface area contributed by atoms with Crippen LogP contribution in [0.25, 0.3) is 6.08 Å². The minimum Gasteiger partial charge on any atom is -0.465 e. The van der Waals surface area contributed by atoms with Crippen LogP contribution in [0.1, 0.15) is 37.2 Å². The van der Waals surface area contributed by atoms with Gasteiger partial charge in [-0.15, -0.1) is 11.3 Å². The topological polar surface area (TPSA) is 55.1 Å². The van der Waals surface area contributed by atoms with Gasteiger partial charge >= 0.3 is 0 Å². The summed E-state index contributed by atoms with van der Waals surface area (Å²) in [5.41, 5.74) is 1.09. The molecule has 0 aliphatic rings. The molecule has 0 aliphatic carbocycles. The quantitative estimate of drug-likeness (QED) is 0.878. The molecule has 2 rings (SSSR count). The van der Waals surface area contributed by atoms with Gasteiger partial charge in [-0.1, -0.05) is 20.8 Å². The Bertz CT molecular complexity index is 592. The number of furan rings is 1. The average molecular weight is 290 g/mol. The first kappa shape index (κ1) is 14.5. The molecule has 2 heterocycles. The van der Waals surface area contributed by atoms with Gasteiger partial charge in [0.15, 0.2) is 0 Å². The van der Waals surface area contributed by atoms with Gasteiger partial charge in [0, 0.05) is 16.9 Å². The van der Waals surface area contributed by atoms with E-state index in [1.165, 1.54) is 6.08 Å². The van der Waals surface area contributed by atoms with Crippen molar-refractivity contribution in [3.8, 4) is 0 Å². The first-order chi connectivity index (χ1) is 9.45. The zero-order chi connectivity index (χ0) is 14.6. The molecule has 5 heteroatoms. The van der Waals surface area contributed by atoms with Gasteiger partial charge in [-0.05, 0) is 18.2 Å². The van der Waals surface area contributed by atoms with Crippen LogP contribution in [0.4, 0.5) is 0 Å². The predicted octanol–water partition coefficient (Wildman–Crippen LogP) is 3.36. The summed E-state index contributed by atoms with van der Waals surface area (Å²) < 4.78 is 5.11. The molecule has 0 atom stereocenters. The van der Waals surface area contributed by atoms with E-state index in [4.69, 9.17) is 4.42 Å². The Hall–Kier alpha value is -1.88. The standard InChI is InChI=1S/C15H18N2O2S/c1-15(2,3)12-10-20-14(17-12)9-16-13(18)7-6-11-5-4-8-19-11/h4-8,10H,9H2,1-3H3,(H,16,18). The highest BCUT2D eigenvalue weighted by molar-refractivity contribution is 7.09. The molecule has 0 aliphatic heterocycles. The second-order valence-corrected chi connectivity index (χ2v) is 6.39. The van der Waals surface area contributed by atoms with Crippen molar-refractivity contribution in [3.63, 3.8) is 0 Å². The van der Waals surface area contributed by atoms with Crippen LogP contribution < -0.4 is 5.32 Å². The van der Waals surface area contributed by atoms with E-state index in [0.29, 0.717) is 12.3 Å². The van der Waals surface area contributed by atoms with Crippen molar-refractivity contribution in [1.82, 2.24) is 10.3 Å². The largest absolute Gasteiger partial charge is 0.465 e. The normalized spacial score (nSPS) is 11.9. The van der Waals surface area contributed by atoms with E-state index in [1.54, 1.807) is 35.8 Å². The number of aromatic nitrogens is 1. The van der Waals surface area contributed by atoms with Crippen LogP contribution in [0.15, 0.2) is 34.3 Å². The summed E-state index contributed by atoms with van der Waals surface area (Å²) in [5, 5.41) is 5.76. The van der Waals surface area contributed by atoms with Crippen LogP contribution in [0.5, 0.6) is 0 Å². The van der Waals surface area contributed by atoms with E-state index in [9.17, 15) is 4.79 Å². The Labute approximate surface area is 122 Å². The van der Waals surface area contributed by atoms with Gasteiger partial charge in [-0.2, -0.15) is 0 Å². The van der Waals surface area contributed by atoms with Gasteiger partial charge in [0.25, 0.3) is 0 Å². The molecule has 106 valence electrons. The summed E-state index contributed by atoms with van der Waals surface area (Å²) >= 11 is 1.57. The molecule has 4 nitrogen and oxygen atoms in total. The summed E-state index contributed by atoms with van der Waals surface area (Å²) in [4.78, 5) is 16.2. The minimum atomic E-state index is -0.158. The van der Waals surface area contributed by atoms with E-state index < -0.39 is 0 Å². The first-order valence-corrected chi connectivity index (χ1v) is 7.27. The fourth-order valence-corrected chi connectivity index (χ4v) is 2.46. The van der Waals surface area contributed by atoms with Crippen LogP contribution >= 0.6 is 11.3 Å². The molecule has 0 fully saturated rings. The van der Waals surface area contributed by atoms with Crippen molar-refractivity contribution in [2.45, 2.75) is 32.7 Å². The Balaban J connectivity index is 1.86. The third-order valence-electron chi connectivity index (χ3n) is 2.68. The van der Waals surface area contributed by atoms with Gasteiger partial charge in [-0.3, -0.25) is 4.79 Å². The fraction of sp³-hybridized carbons (Fsp3) is 0.333. The van der Waals surface area contributed by atoms with Gasteiger partial charge in [0.1, 0.15) is 10.8 Å². The molecule has 0 spiro atoms. The number of carbonyl (C=O) groups is 1. The lowest BCUT2D eigenvalue weighted by atomic mass is 9.93. The summed E-state index contributed by atoms with van der Waals surface area (Å²) in [7, 11) is 0. The zero-order valence-electron chi connectivity index (χ0n) is 11.8. The molecule has 0 aromatic carbocycles. The van der Waals surface area contributed by atoms with Crippen molar-refractivity contribution in [2.24, 2.45) is 0 Å². The minimum absolute atomic E-state index is 0.0396. The number of hydrogen-bond acceptors (Lipinski definition) is 4. The van der Waals surface area contributed by atoms with Gasteiger partial charge in [-0.25, -0.2) is 4.98 Å². The Morgan fingerprint density at radius 1 is 1.50 bits per heavy atom. The first-order valence-electron chi connectivity index (χ1n) is 6.39. The molecule has 2 aromatic rings. The van der Waals surface area contributed by atoms with Crippen molar-refractivity contribution < 1.29 is 9.21 Å². The second-order valence-electron chi connectivity index (χ2n) is 5.44. The Morgan fingerprint density at radius 2 is 2.30 bits per heavy atom. The Kier molecular flexibility index (Phi) is 4.39. The van der Waals surface area contributed by atoms with Gasteiger partial charge in [0.2, 0.25) is 5.91 Å². The average Bonchev–Trinajstić information content (AvgIpc) is 3.04. The van der Waals surface area contributed by atoms with E-state index in [2.05, 4.69) is 31.1 Å². The lowest BCUT2D eigenvalue weighted by Gasteiger charge is -2.14. The van der Waals surface area contributed by atoms with E-state index >= 15 is 0 Å². The number of amides is 1. The highest BCUT2D eigenvalue weighted by atomic mass is 32.1. The highest BCUT2D eigenvalue weighted by Crippen LogP contribution is 2.23. The number of carbonyl (C=O) groups excluding carboxylic acids is 1. The van der Waals surface area contributed by atoms with Crippen molar-refractivity contribution in [2.75, 3.05) is 0 Å². The molecular weight excluding hydrogens is 272 g/mol. The van der Waals surface area contributed by atoms with Crippen molar-refractivity contribution in [3.05, 3.63) is 46.3 Å². The predicted molar refractivity (Wildman–Crippen MR) is 80.4 cm³/mol. The summed E-state index contributed by atoms with van der Waals surface area (Å²) in [6, 6.07) is 3.57. The molecule has 0 saturated heterocycles. The second kappa shape index (κ2) is 6.05. The number of nitrogens with zero attached hydrogens (tertiary/aromatic N) is 1. The SMILES string of the molecule is CC(C)(C)c1csc(CNC(=O)C=Cc2ccco2)n1. The highest BCUT2D eigenvalue weighted by Gasteiger charge is 2.17. The van der Waals surface area contributed by atoms with E-state index in [1.807, 2.05) is 5.38 Å². The molecule has 2 aromatic heterocycles. The van der Waals surface area contributed by atoms with Crippen LogP contribution in [0.3, 0.4) is 0 Å². The number of hydrogen-bond donors (Lipinski definition) is 1. The molecule has 0 radical (unpaired) electrons. The molecule has 0 unspecified atom stereocenters. The van der Waals surface area contributed by atoms with Crippen molar-refractivity contribution >= 4 is 23.3 Å². The van der Waals surface area contributed by atoms with Crippen molar-refractivity contribution in [1.29, 1.82) is 0 Å². The molecule has 0 saturated carbocycles. The monoisotopic (exact) mass is 290 g/mol. The molecule has 1 N–H and O–H groups in total. The lowest BCUT2D eigenvalue weighted by Crippen LogP contribution is -2.20. The lowest BCUT2D eigenvalue weighted by molar-refractivity contribution is -0.116. The van der Waals surface area contributed by atoms with Gasteiger partial charge in [0.05, 0.1) is 18.5 Å². The maximum absolute atomic E-state index is 11.7. The molecule has 20 heavy (non-hydrogen) atoms. The third-order valence-corrected chi connectivity index (χ3v) is 3.52. The fourth-order valence-electron chi connectivity index (χ4n) is 1.50. The summed E-state index contributed by atoms with van der Waals surface area (Å²) in [6.45, 7) is 6.81. The number of thiazole rings is 1. The zero-order valence-corrected chi connectivity index (χ0v) is 12.7. The van der Waals surface area contributed by atoms with Crippen LogP contribution in [0, 0.1) is 0 Å². The summed E-state index contributed by atoms with van der Waals surface area (Å²) in [6.07, 6.45) is 4.66. The molecular formula is C15H18N2O2S. The number of nitrogens with one attached hydrogen (secondary N) is 1. The van der Waals surface area contributed by atoms with Crippen LogP contribution in [-0.4, -0.2) is 10.9 Å². The summed E-state index contributed by atoms with van der Waals surface area (Å²) in [5.74, 6) is 0.498. The third kappa shape index (κ3) is 4.06. The molecule has 1 amide bonds. The Morgan fingerprint density at radius 3 is 2.90 bits per heavy atom. The molecule has 0 bridgehead atoms. The maximum Gasteiger partial charge on any atom is 0.244 e. The smallest absolute Gasteiger partial charge is 0.244 e. The van der Waals surface area contributed by atoms with E-state index in [0.717, 1.165) is 10.7 Å². The van der Waals surface area contributed by atoms with Crippen LogP contribution in [-0.2, 0) is 16.8 Å². The maximum atomic E-state index is 11.7. The van der Waals surface area contributed by atoms with E-state index in [-0.39, 0.29) is 11.3 Å². The number of rotatable bonds is 4.